The summed E-state index contributed by atoms with van der Waals surface area (Å²) in [5.41, 5.74) is 7.37. The number of piperidine rings is 1. The Balaban J connectivity index is 1.53. The summed E-state index contributed by atoms with van der Waals surface area (Å²) in [5, 5.41) is 7.72. The van der Waals surface area contributed by atoms with E-state index in [0.29, 0.717) is 50.1 Å². The van der Waals surface area contributed by atoms with E-state index in [1.54, 1.807) is 29.2 Å². The molecular formula is C24H26N6O5S. The first-order chi connectivity index (χ1) is 17.5. The van der Waals surface area contributed by atoms with E-state index in [1.165, 1.54) is 11.3 Å². The van der Waals surface area contributed by atoms with Gasteiger partial charge in [0.15, 0.2) is 18.1 Å². The van der Waals surface area contributed by atoms with E-state index in [4.69, 9.17) is 20.0 Å². The summed E-state index contributed by atoms with van der Waals surface area (Å²) in [7, 11) is 0. The number of ether oxygens (including phenoxy) is 2. The molecule has 5 rings (SSSR count). The van der Waals surface area contributed by atoms with Gasteiger partial charge in [-0.2, -0.15) is 0 Å². The van der Waals surface area contributed by atoms with Crippen LogP contribution in [0.15, 0.2) is 29.4 Å². The third-order valence-electron chi connectivity index (χ3n) is 5.89. The Kier molecular flexibility index (Phi) is 6.85. The van der Waals surface area contributed by atoms with E-state index in [2.05, 4.69) is 20.4 Å². The van der Waals surface area contributed by atoms with Crippen molar-refractivity contribution in [2.24, 2.45) is 5.16 Å². The minimum absolute atomic E-state index is 0.0274. The second-order valence-electron chi connectivity index (χ2n) is 8.34. The highest BCUT2D eigenvalue weighted by Gasteiger charge is 2.23. The largest absolute Gasteiger partial charge is 0.454 e. The zero-order chi connectivity index (χ0) is 25.1. The van der Waals surface area contributed by atoms with Crippen LogP contribution < -0.4 is 20.5 Å². The molecule has 11 nitrogen and oxygen atoms in total. The van der Waals surface area contributed by atoms with Gasteiger partial charge in [-0.25, -0.2) is 9.97 Å². The highest BCUT2D eigenvalue weighted by atomic mass is 32.1. The van der Waals surface area contributed by atoms with Crippen LogP contribution in [0, 0.1) is 0 Å². The molecular weight excluding hydrogens is 484 g/mol. The fourth-order valence-corrected chi connectivity index (χ4v) is 5.10. The van der Waals surface area contributed by atoms with Gasteiger partial charge in [0.2, 0.25) is 12.7 Å². The predicted molar refractivity (Wildman–Crippen MR) is 134 cm³/mol. The molecule has 4 heterocycles. The molecule has 36 heavy (non-hydrogen) atoms. The maximum Gasteiger partial charge on any atom is 0.263 e. The summed E-state index contributed by atoms with van der Waals surface area (Å²) in [6, 6.07) is 7.03. The van der Waals surface area contributed by atoms with Gasteiger partial charge in [0.05, 0.1) is 4.88 Å². The topological polar surface area (TPSA) is 141 Å². The van der Waals surface area contributed by atoms with Crippen molar-refractivity contribution in [1.29, 1.82) is 0 Å². The lowest BCUT2D eigenvalue weighted by molar-refractivity contribution is -0.137. The van der Waals surface area contributed by atoms with E-state index in [-0.39, 0.29) is 31.2 Å². The van der Waals surface area contributed by atoms with Gasteiger partial charge in [0.1, 0.15) is 16.2 Å². The Morgan fingerprint density at radius 3 is 2.78 bits per heavy atom. The molecule has 12 heteroatoms. The molecule has 0 radical (unpaired) electrons. The zero-order valence-corrected chi connectivity index (χ0v) is 20.6. The summed E-state index contributed by atoms with van der Waals surface area (Å²) >= 11 is 1.21. The molecule has 188 valence electrons. The number of benzene rings is 1. The predicted octanol–water partition coefficient (Wildman–Crippen LogP) is 2.53. The van der Waals surface area contributed by atoms with Crippen LogP contribution in [-0.4, -0.2) is 65.4 Å². The first-order valence-corrected chi connectivity index (χ1v) is 12.6. The summed E-state index contributed by atoms with van der Waals surface area (Å²) in [6.07, 6.45) is 3.10. The zero-order valence-electron chi connectivity index (χ0n) is 19.8. The molecule has 2 aromatic heterocycles. The highest BCUT2D eigenvalue weighted by molar-refractivity contribution is 7.20. The number of carbonyl (C=O) groups is 2. The number of hydrogen-bond donors (Lipinski definition) is 2. The lowest BCUT2D eigenvalue weighted by atomic mass is 10.0. The van der Waals surface area contributed by atoms with Crippen LogP contribution in [-0.2, 0) is 9.63 Å². The highest BCUT2D eigenvalue weighted by Crippen LogP contribution is 2.34. The van der Waals surface area contributed by atoms with Gasteiger partial charge in [-0.1, -0.05) is 5.16 Å². The molecule has 0 aliphatic carbocycles. The first kappa shape index (κ1) is 23.8. The Hall–Kier alpha value is -3.93. The Morgan fingerprint density at radius 1 is 1.17 bits per heavy atom. The van der Waals surface area contributed by atoms with Gasteiger partial charge in [0.25, 0.3) is 11.8 Å². The number of hydrogen-bond acceptors (Lipinski definition) is 10. The average Bonchev–Trinajstić information content (AvgIpc) is 3.53. The van der Waals surface area contributed by atoms with E-state index < -0.39 is 0 Å². The SMILES string of the molecule is CCNC(=O)c1cc2c(/C(=N\OCC(=O)N3CCCCC3)c3ccc4c(c3)OCO4)nc(N)nc2s1. The average molecular weight is 511 g/mol. The summed E-state index contributed by atoms with van der Waals surface area (Å²) < 4.78 is 11.0. The van der Waals surface area contributed by atoms with Gasteiger partial charge >= 0.3 is 0 Å². The van der Waals surface area contributed by atoms with Crippen molar-refractivity contribution in [2.45, 2.75) is 26.2 Å². The third-order valence-corrected chi connectivity index (χ3v) is 6.92. The molecule has 3 N–H and O–H groups in total. The minimum atomic E-state index is -0.213. The number of aromatic nitrogens is 2. The van der Waals surface area contributed by atoms with Crippen molar-refractivity contribution < 1.29 is 23.9 Å². The standard InChI is InChI=1S/C24H26N6O5S/c1-2-26-22(32)18-11-15-21(27-24(25)28-23(15)36-18)20(14-6-7-16-17(10-14)34-13-33-16)29-35-12-19(31)30-8-4-3-5-9-30/h6-7,10-11H,2-5,8-9,12-13H2,1H3,(H,26,32)(H2,25,27,28)/b29-20-. The Morgan fingerprint density at radius 2 is 1.97 bits per heavy atom. The molecule has 0 saturated carbocycles. The summed E-state index contributed by atoms with van der Waals surface area (Å²) in [4.78, 5) is 42.2. The minimum Gasteiger partial charge on any atom is -0.454 e. The van der Waals surface area contributed by atoms with Crippen LogP contribution in [0.2, 0.25) is 0 Å². The van der Waals surface area contributed by atoms with Crippen molar-refractivity contribution in [1.82, 2.24) is 20.2 Å². The second kappa shape index (κ2) is 10.4. The van der Waals surface area contributed by atoms with Crippen LogP contribution >= 0.6 is 11.3 Å². The molecule has 2 aliphatic heterocycles. The first-order valence-electron chi connectivity index (χ1n) is 11.8. The Labute approximate surface area is 211 Å². The fourth-order valence-electron chi connectivity index (χ4n) is 4.14. The molecule has 0 bridgehead atoms. The smallest absolute Gasteiger partial charge is 0.263 e. The van der Waals surface area contributed by atoms with Crippen LogP contribution in [0.1, 0.15) is 47.1 Å². The number of nitrogen functional groups attached to an aromatic ring is 1. The third kappa shape index (κ3) is 4.89. The number of fused-ring (bicyclic) bond motifs is 2. The summed E-state index contributed by atoms with van der Waals surface area (Å²) in [5.74, 6) is 0.858. The number of anilines is 1. The summed E-state index contributed by atoms with van der Waals surface area (Å²) in [6.45, 7) is 3.71. The molecule has 0 atom stereocenters. The number of likely N-dealkylation sites (tertiary alicyclic amines) is 1. The van der Waals surface area contributed by atoms with Crippen LogP contribution in [0.5, 0.6) is 11.5 Å². The maximum atomic E-state index is 12.6. The molecule has 3 aromatic rings. The molecule has 1 fully saturated rings. The number of amides is 2. The van der Waals surface area contributed by atoms with Crippen molar-refractivity contribution >= 4 is 45.0 Å². The van der Waals surface area contributed by atoms with E-state index in [9.17, 15) is 9.59 Å². The van der Waals surface area contributed by atoms with Crippen molar-refractivity contribution in [3.05, 3.63) is 40.4 Å². The Bertz CT molecular complexity index is 1330. The van der Waals surface area contributed by atoms with Gasteiger partial charge < -0.3 is 30.3 Å². The molecule has 0 spiro atoms. The number of nitrogens with zero attached hydrogens (tertiary/aromatic N) is 4. The molecule has 1 aromatic carbocycles. The van der Waals surface area contributed by atoms with Gasteiger partial charge in [-0.15, -0.1) is 11.3 Å². The lowest BCUT2D eigenvalue weighted by Crippen LogP contribution is -2.37. The number of nitrogens with two attached hydrogens (primary N) is 1. The van der Waals surface area contributed by atoms with Crippen LogP contribution in [0.25, 0.3) is 10.2 Å². The maximum absolute atomic E-state index is 12.6. The monoisotopic (exact) mass is 510 g/mol. The van der Waals surface area contributed by atoms with Crippen molar-refractivity contribution in [3.8, 4) is 11.5 Å². The number of nitrogens with one attached hydrogen (secondary N) is 1. The molecule has 0 unspecified atom stereocenters. The number of carbonyl (C=O) groups excluding carboxylic acids is 2. The number of oxime groups is 1. The fraction of sp³-hybridized carbons (Fsp3) is 0.375. The number of thiophene rings is 1. The molecule has 2 amide bonds. The van der Waals surface area contributed by atoms with Gasteiger partial charge in [0, 0.05) is 30.6 Å². The van der Waals surface area contributed by atoms with Crippen LogP contribution in [0.3, 0.4) is 0 Å². The van der Waals surface area contributed by atoms with Gasteiger partial charge in [-0.3, -0.25) is 9.59 Å². The van der Waals surface area contributed by atoms with Crippen molar-refractivity contribution in [2.75, 3.05) is 38.8 Å². The van der Waals surface area contributed by atoms with Crippen molar-refractivity contribution in [3.63, 3.8) is 0 Å². The molecule has 2 aliphatic rings. The second-order valence-corrected chi connectivity index (χ2v) is 9.37. The van der Waals surface area contributed by atoms with Crippen LogP contribution in [0.4, 0.5) is 5.95 Å². The molecule has 1 saturated heterocycles. The van der Waals surface area contributed by atoms with Gasteiger partial charge in [-0.05, 0) is 50.5 Å². The van der Waals surface area contributed by atoms with E-state index in [1.807, 2.05) is 6.92 Å². The van der Waals surface area contributed by atoms with E-state index >= 15 is 0 Å². The normalized spacial score (nSPS) is 15.2. The lowest BCUT2D eigenvalue weighted by Gasteiger charge is -2.26. The number of rotatable bonds is 7. The quantitative estimate of drug-likeness (QED) is 0.365. The van der Waals surface area contributed by atoms with E-state index in [0.717, 1.165) is 32.4 Å².